The second kappa shape index (κ2) is 24.6. The van der Waals surface area contributed by atoms with Crippen molar-refractivity contribution in [1.82, 2.24) is 39.9 Å². The fourth-order valence-electron chi connectivity index (χ4n) is 7.68. The summed E-state index contributed by atoms with van der Waals surface area (Å²) in [6.07, 6.45) is 17.7. The van der Waals surface area contributed by atoms with Gasteiger partial charge in [-0.15, -0.1) is 0 Å². The van der Waals surface area contributed by atoms with Crippen LogP contribution in [-0.4, -0.2) is 108 Å². The molecule has 0 unspecified atom stereocenters. The molecule has 64 heavy (non-hydrogen) atoms. The number of anilines is 4. The molecule has 0 spiro atoms. The Bertz CT molecular complexity index is 2420. The molecule has 0 amide bonds. The number of rotatable bonds is 15. The van der Waals surface area contributed by atoms with E-state index in [-0.39, 0.29) is 62.4 Å². The van der Waals surface area contributed by atoms with Crippen LogP contribution in [0.15, 0.2) is 73.6 Å². The van der Waals surface area contributed by atoms with E-state index in [1.54, 1.807) is 33.5 Å². The van der Waals surface area contributed by atoms with Gasteiger partial charge in [0.25, 0.3) is 0 Å². The summed E-state index contributed by atoms with van der Waals surface area (Å²) in [5.41, 5.74) is 1.98. The van der Waals surface area contributed by atoms with Gasteiger partial charge in [-0.1, -0.05) is 0 Å². The molecule has 2 fully saturated rings. The Morgan fingerprint density at radius 1 is 0.625 bits per heavy atom. The van der Waals surface area contributed by atoms with E-state index in [9.17, 15) is 9.59 Å². The van der Waals surface area contributed by atoms with Crippen LogP contribution in [0.25, 0.3) is 21.8 Å². The van der Waals surface area contributed by atoms with Crippen LogP contribution < -0.4 is 82.1 Å². The van der Waals surface area contributed by atoms with E-state index < -0.39 is 11.9 Å². The SMILES string of the molecule is CCOC(=O)c1cnc(NCC2CCC(Nc3ccc4ccnc(OC)c4n3)CC2)nc1.COc1nccc2ccc(NC3CCC(CNc4ncc(C(=O)O)cn4)CC3)nc12.[K+].[OH-]. The fraction of sp³-hybridized carbons (Fsp3) is 0.409. The van der Waals surface area contributed by atoms with Crippen molar-refractivity contribution in [2.24, 2.45) is 11.8 Å². The summed E-state index contributed by atoms with van der Waals surface area (Å²) in [5, 5.41) is 24.5. The van der Waals surface area contributed by atoms with Crippen molar-refractivity contribution in [3.05, 3.63) is 84.7 Å². The molecule has 0 aromatic carbocycles. The molecule has 6 heterocycles. The van der Waals surface area contributed by atoms with E-state index in [1.165, 1.54) is 24.8 Å². The van der Waals surface area contributed by atoms with E-state index in [0.29, 0.717) is 59.7 Å². The number of carbonyl (C=O) groups excluding carboxylic acids is 1. The van der Waals surface area contributed by atoms with Crippen molar-refractivity contribution in [3.63, 3.8) is 0 Å². The van der Waals surface area contributed by atoms with Gasteiger partial charge >= 0.3 is 63.3 Å². The average molecular weight is 901 g/mol. The molecule has 6 aromatic heterocycles. The van der Waals surface area contributed by atoms with E-state index in [4.69, 9.17) is 24.3 Å². The number of methoxy groups -OCH3 is 2. The molecule has 332 valence electrons. The first kappa shape index (κ1) is 49.6. The van der Waals surface area contributed by atoms with Crippen LogP contribution in [-0.2, 0) is 4.74 Å². The number of esters is 1. The molecule has 0 bridgehead atoms. The van der Waals surface area contributed by atoms with E-state index >= 15 is 0 Å². The van der Waals surface area contributed by atoms with Crippen LogP contribution in [0.4, 0.5) is 23.5 Å². The number of hydrogen-bond donors (Lipinski definition) is 5. The first-order chi connectivity index (χ1) is 30.3. The minimum Gasteiger partial charge on any atom is -0.870 e. The van der Waals surface area contributed by atoms with Crippen LogP contribution in [0.1, 0.15) is 79.0 Å². The zero-order chi connectivity index (χ0) is 43.3. The van der Waals surface area contributed by atoms with Gasteiger partial charge < -0.3 is 46.1 Å². The average Bonchev–Trinajstić information content (AvgIpc) is 3.31. The van der Waals surface area contributed by atoms with Gasteiger partial charge in [0.2, 0.25) is 23.7 Å². The maximum Gasteiger partial charge on any atom is 1.00 e. The van der Waals surface area contributed by atoms with Gasteiger partial charge in [-0.25, -0.2) is 49.5 Å². The first-order valence-corrected chi connectivity index (χ1v) is 20.9. The number of ether oxygens (including phenoxy) is 3. The number of pyridine rings is 4. The minimum atomic E-state index is -1.03. The molecule has 19 nitrogen and oxygen atoms in total. The summed E-state index contributed by atoms with van der Waals surface area (Å²) in [4.78, 5) is 56.9. The van der Waals surface area contributed by atoms with Crippen LogP contribution in [0.5, 0.6) is 11.8 Å². The van der Waals surface area contributed by atoms with Gasteiger partial charge in [0.05, 0.1) is 32.0 Å². The van der Waals surface area contributed by atoms with Crippen LogP contribution in [0.3, 0.4) is 0 Å². The Morgan fingerprint density at radius 3 is 1.44 bits per heavy atom. The number of fused-ring (bicyclic) bond motifs is 2. The van der Waals surface area contributed by atoms with Crippen LogP contribution in [0.2, 0.25) is 0 Å². The zero-order valence-electron chi connectivity index (χ0n) is 36.5. The van der Waals surface area contributed by atoms with Crippen molar-refractivity contribution in [2.75, 3.05) is 55.2 Å². The fourth-order valence-corrected chi connectivity index (χ4v) is 7.68. The number of nitrogens with one attached hydrogen (secondary N) is 4. The first-order valence-electron chi connectivity index (χ1n) is 20.9. The van der Waals surface area contributed by atoms with Crippen molar-refractivity contribution < 1.29 is 85.8 Å². The Hall–Kier alpha value is -5.38. The number of carbonyl (C=O) groups is 2. The molecule has 2 saturated carbocycles. The van der Waals surface area contributed by atoms with E-state index in [1.807, 2.05) is 36.4 Å². The Labute approximate surface area is 413 Å². The smallest absolute Gasteiger partial charge is 0.870 e. The number of carboxylic acid groups (broad SMARTS) is 1. The third kappa shape index (κ3) is 13.6. The summed E-state index contributed by atoms with van der Waals surface area (Å²) < 4.78 is 15.6. The zero-order valence-corrected chi connectivity index (χ0v) is 39.7. The largest absolute Gasteiger partial charge is 1.00 e. The summed E-state index contributed by atoms with van der Waals surface area (Å²) in [7, 11) is 3.21. The van der Waals surface area contributed by atoms with Crippen molar-refractivity contribution in [1.29, 1.82) is 0 Å². The van der Waals surface area contributed by atoms with Crippen molar-refractivity contribution in [2.45, 2.75) is 70.4 Å². The van der Waals surface area contributed by atoms with Crippen molar-refractivity contribution >= 4 is 57.3 Å². The predicted molar refractivity (Wildman–Crippen MR) is 237 cm³/mol. The molecule has 8 rings (SSSR count). The second-order valence-corrected chi connectivity index (χ2v) is 15.3. The molecular weight excluding hydrogens is 848 g/mol. The standard InChI is InChI=1S/C23H28N6O3.C21H24N6O3.K.H2O/c1-3-32-22(30)17-13-26-23(27-14-17)25-12-15-4-7-18(8-5-15)28-19-9-6-16-10-11-24-21(31-2)20(16)29-19;1-30-19-18-14(8-9-22-19)4-7-17(27-18)26-16-5-2-13(3-6-16)10-23-21-24-11-15(12-25-21)20(28)29;;/h6,9-11,13-15,18H,3-5,7-8,12H2,1-2H3,(H,28,29)(H,25,26,27);4,7-9,11-13,16H,2-3,5-6,10H2,1H3,(H,26,27)(H,28,29)(H,23,24,25);;1H2/q;;+1;/p-1. The van der Waals surface area contributed by atoms with Gasteiger partial charge in [-0.2, -0.15) is 0 Å². The number of aromatic nitrogens is 8. The maximum atomic E-state index is 11.7. The van der Waals surface area contributed by atoms with Gasteiger partial charge in [0, 0.05) is 73.1 Å². The monoisotopic (exact) mass is 900 g/mol. The molecule has 0 radical (unpaired) electrons. The van der Waals surface area contributed by atoms with Crippen LogP contribution >= 0.6 is 0 Å². The Balaban J connectivity index is 0.000000234. The quantitative estimate of drug-likeness (QED) is 0.0726. The molecular formula is C44H53KN12O7. The topological polar surface area (TPSA) is 263 Å². The normalized spacial score (nSPS) is 17.9. The summed E-state index contributed by atoms with van der Waals surface area (Å²) >= 11 is 0. The molecule has 6 N–H and O–H groups in total. The molecule has 2 aliphatic carbocycles. The second-order valence-electron chi connectivity index (χ2n) is 15.3. The Morgan fingerprint density at radius 2 is 1.05 bits per heavy atom. The maximum absolute atomic E-state index is 11.7. The van der Waals surface area contributed by atoms with Gasteiger partial charge in [-0.3, -0.25) is 0 Å². The summed E-state index contributed by atoms with van der Waals surface area (Å²) in [6.45, 7) is 3.68. The van der Waals surface area contributed by atoms with Gasteiger partial charge in [0.15, 0.2) is 0 Å². The number of nitrogens with zero attached hydrogens (tertiary/aromatic N) is 8. The van der Waals surface area contributed by atoms with Crippen LogP contribution in [0, 0.1) is 11.8 Å². The minimum absolute atomic E-state index is 0. The molecule has 0 aliphatic heterocycles. The molecule has 0 atom stereocenters. The molecule has 20 heteroatoms. The molecule has 0 saturated heterocycles. The van der Waals surface area contributed by atoms with Crippen molar-refractivity contribution in [3.8, 4) is 11.8 Å². The third-order valence-corrected chi connectivity index (χ3v) is 11.1. The molecule has 6 aromatic rings. The van der Waals surface area contributed by atoms with Gasteiger partial charge in [-0.05, 0) is 107 Å². The summed E-state index contributed by atoms with van der Waals surface area (Å²) in [5.74, 6) is 3.40. The Kier molecular flexibility index (Phi) is 19.1. The number of aromatic carboxylic acids is 1. The predicted octanol–water partition coefficient (Wildman–Crippen LogP) is 3.72. The number of hydrogen-bond acceptors (Lipinski definition) is 18. The van der Waals surface area contributed by atoms with E-state index in [2.05, 4.69) is 56.2 Å². The van der Waals surface area contributed by atoms with Gasteiger partial charge in [0.1, 0.15) is 22.7 Å². The third-order valence-electron chi connectivity index (χ3n) is 11.1. The molecule has 2 aliphatic rings. The summed E-state index contributed by atoms with van der Waals surface area (Å²) in [6, 6.07) is 12.7. The number of carboxylic acids is 1. The van der Waals surface area contributed by atoms with E-state index in [0.717, 1.165) is 97.9 Å².